The van der Waals surface area contributed by atoms with E-state index in [4.69, 9.17) is 3.32 Å². The van der Waals surface area contributed by atoms with Crippen LogP contribution in [0.1, 0.15) is 35.6 Å². The standard InChI is InChI=1S/C13H10.C8H10O.C6H7.2ClH.Ti/c1-3-7-12(8-4-1)11-13-9-5-2-6-10-13;1-6-3-7(2)5-8(9)4-6;1-6-4-2-3-5-6;;;/h1-10H;3-5,9H,1-2H3;2,4H,3H2,1H3;2*1H;/q;;;;;+1/p-1. The van der Waals surface area contributed by atoms with Gasteiger partial charge in [0.05, 0.1) is 0 Å². The molecule has 0 saturated carbocycles. The predicted octanol–water partition coefficient (Wildman–Crippen LogP) is 7.56. The second-order valence-corrected chi connectivity index (χ2v) is 10.7. The van der Waals surface area contributed by atoms with Gasteiger partial charge in [-0.05, 0) is 0 Å². The number of rotatable bonds is 5. The van der Waals surface area contributed by atoms with Gasteiger partial charge in [0.2, 0.25) is 0 Å². The summed E-state index contributed by atoms with van der Waals surface area (Å²) in [5.41, 5.74) is 6.40. The van der Waals surface area contributed by atoms with Gasteiger partial charge in [-0.3, -0.25) is 0 Å². The molecular weight excluding hydrogens is 459 g/mol. The molecule has 3 aromatic rings. The molecule has 31 heavy (non-hydrogen) atoms. The van der Waals surface area contributed by atoms with E-state index in [-0.39, 0.29) is 24.8 Å². The fourth-order valence-corrected chi connectivity index (χ4v) is 7.78. The summed E-state index contributed by atoms with van der Waals surface area (Å²) in [4.78, 5) is 0. The molecule has 3 aromatic carbocycles. The molecule has 0 aromatic heterocycles. The maximum atomic E-state index is 6.93. The van der Waals surface area contributed by atoms with Crippen molar-refractivity contribution in [3.05, 3.63) is 123 Å². The van der Waals surface area contributed by atoms with E-state index in [9.17, 15) is 0 Å². The summed E-state index contributed by atoms with van der Waals surface area (Å²) in [6, 6.07) is 28.1. The Hall–Kier alpha value is -1.90. The number of hydrogen-bond acceptors (Lipinski definition) is 1. The Balaban J connectivity index is 0.00000171. The van der Waals surface area contributed by atoms with E-state index in [1.165, 1.54) is 35.5 Å². The van der Waals surface area contributed by atoms with Gasteiger partial charge in [-0.1, -0.05) is 0 Å². The van der Waals surface area contributed by atoms with Crippen LogP contribution >= 0.6 is 24.8 Å². The van der Waals surface area contributed by atoms with Gasteiger partial charge in [-0.15, -0.1) is 24.8 Å². The molecular formula is C27H28Cl2OTi. The quantitative estimate of drug-likeness (QED) is 0.338. The van der Waals surface area contributed by atoms with Crippen molar-refractivity contribution in [2.24, 2.45) is 0 Å². The molecule has 0 spiro atoms. The van der Waals surface area contributed by atoms with Crippen LogP contribution < -0.4 is 3.32 Å². The van der Waals surface area contributed by atoms with Gasteiger partial charge in [0.1, 0.15) is 0 Å². The van der Waals surface area contributed by atoms with Crippen molar-refractivity contribution >= 4 is 28.6 Å². The van der Waals surface area contributed by atoms with E-state index < -0.39 is 17.8 Å². The summed E-state index contributed by atoms with van der Waals surface area (Å²) < 4.78 is 9.80. The second kappa shape index (κ2) is 11.6. The number of allylic oxidation sites excluding steroid dienone is 4. The average molecular weight is 487 g/mol. The zero-order valence-corrected chi connectivity index (χ0v) is 21.3. The van der Waals surface area contributed by atoms with E-state index >= 15 is 0 Å². The van der Waals surface area contributed by atoms with Crippen LogP contribution in [0, 0.1) is 13.8 Å². The van der Waals surface area contributed by atoms with Gasteiger partial charge >= 0.3 is 181 Å². The van der Waals surface area contributed by atoms with Crippen molar-refractivity contribution in [3.8, 4) is 5.75 Å². The fourth-order valence-electron chi connectivity index (χ4n) is 3.90. The molecule has 0 bridgehead atoms. The van der Waals surface area contributed by atoms with Crippen LogP contribution in [0.2, 0.25) is 0 Å². The Bertz CT molecular complexity index is 1050. The molecule has 160 valence electrons. The van der Waals surface area contributed by atoms with Crippen molar-refractivity contribution in [2.45, 2.75) is 27.2 Å². The summed E-state index contributed by atoms with van der Waals surface area (Å²) >= 11 is -2.31. The predicted molar refractivity (Wildman–Crippen MR) is 134 cm³/mol. The van der Waals surface area contributed by atoms with E-state index in [1.807, 2.05) is 0 Å². The van der Waals surface area contributed by atoms with E-state index in [0.717, 1.165) is 12.2 Å². The van der Waals surface area contributed by atoms with Crippen LogP contribution in [0.3, 0.4) is 0 Å². The first-order chi connectivity index (χ1) is 14.1. The molecule has 0 N–H and O–H groups in total. The van der Waals surface area contributed by atoms with Crippen molar-refractivity contribution in [3.63, 3.8) is 0 Å². The molecule has 1 nitrogen and oxygen atoms in total. The molecule has 0 radical (unpaired) electrons. The number of benzene rings is 3. The summed E-state index contributed by atoms with van der Waals surface area (Å²) in [6.45, 7) is 6.50. The Morgan fingerprint density at radius 2 is 1.26 bits per heavy atom. The first kappa shape index (κ1) is 25.4. The molecule has 4 heteroatoms. The zero-order valence-electron chi connectivity index (χ0n) is 18.1. The Morgan fingerprint density at radius 1 is 0.742 bits per heavy atom. The van der Waals surface area contributed by atoms with Gasteiger partial charge in [0.15, 0.2) is 0 Å². The van der Waals surface area contributed by atoms with Crippen molar-refractivity contribution in [1.29, 1.82) is 0 Å². The molecule has 0 unspecified atom stereocenters. The van der Waals surface area contributed by atoms with Crippen LogP contribution in [0.5, 0.6) is 5.75 Å². The molecule has 4 rings (SSSR count). The van der Waals surface area contributed by atoms with Crippen LogP contribution in [0.15, 0.2) is 100 Å². The maximum absolute atomic E-state index is 6.93. The molecule has 0 fully saturated rings. The van der Waals surface area contributed by atoms with Crippen LogP contribution in [-0.2, 0) is 17.8 Å². The van der Waals surface area contributed by atoms with E-state index in [0.29, 0.717) is 0 Å². The van der Waals surface area contributed by atoms with Crippen LogP contribution in [0.25, 0.3) is 0 Å². The number of halogens is 2. The van der Waals surface area contributed by atoms with E-state index in [1.54, 1.807) is 0 Å². The average Bonchev–Trinajstić information content (AvgIpc) is 3.14. The zero-order chi connectivity index (χ0) is 20.2. The van der Waals surface area contributed by atoms with Gasteiger partial charge < -0.3 is 0 Å². The number of hydrogen-bond donors (Lipinski definition) is 0. The number of aryl methyl sites for hydroxylation is 2. The van der Waals surface area contributed by atoms with Gasteiger partial charge in [-0.2, -0.15) is 0 Å². The molecule has 1 aliphatic carbocycles. The summed E-state index contributed by atoms with van der Waals surface area (Å²) in [5, 5.41) is 0. The van der Waals surface area contributed by atoms with Crippen LogP contribution in [0.4, 0.5) is 0 Å². The molecule has 0 atom stereocenters. The smallest absolute Gasteiger partial charge is 0.147 e. The first-order valence-corrected chi connectivity index (χ1v) is 12.3. The topological polar surface area (TPSA) is 9.23 Å². The minimum Gasteiger partial charge on any atom is -0.147 e. The molecule has 0 heterocycles. The fraction of sp³-hybridized carbons (Fsp3) is 0.148. The third-order valence-electron chi connectivity index (χ3n) is 5.21. The van der Waals surface area contributed by atoms with Gasteiger partial charge in [0, 0.05) is 0 Å². The van der Waals surface area contributed by atoms with Gasteiger partial charge in [0.25, 0.3) is 0 Å². The molecule has 0 aliphatic heterocycles. The SMILES string of the molecule is CC1=[C]([Ti]([O]c2cc(C)cc(C)c2)=[C](c2ccccc2)c2ccccc2)CC=C1.Cl.Cl. The molecule has 1 aliphatic rings. The minimum absolute atomic E-state index is 0. The Kier molecular flexibility index (Phi) is 9.53. The summed E-state index contributed by atoms with van der Waals surface area (Å²) in [6.07, 6.45) is 5.52. The van der Waals surface area contributed by atoms with Gasteiger partial charge in [-0.25, -0.2) is 0 Å². The third kappa shape index (κ3) is 6.08. The summed E-state index contributed by atoms with van der Waals surface area (Å²) in [7, 11) is 0. The molecule has 0 saturated heterocycles. The summed E-state index contributed by atoms with van der Waals surface area (Å²) in [5.74, 6) is 0.995. The second-order valence-electron chi connectivity index (χ2n) is 7.63. The minimum atomic E-state index is -2.31. The molecule has 0 amide bonds. The Morgan fingerprint density at radius 3 is 1.71 bits per heavy atom. The maximum Gasteiger partial charge on any atom is -0.147 e. The third-order valence-corrected chi connectivity index (χ3v) is 9.30. The van der Waals surface area contributed by atoms with Crippen molar-refractivity contribution in [1.82, 2.24) is 0 Å². The normalized spacial score (nSPS) is 12.1. The monoisotopic (exact) mass is 486 g/mol. The van der Waals surface area contributed by atoms with Crippen molar-refractivity contribution in [2.75, 3.05) is 0 Å². The largest absolute Gasteiger partial charge is 0.147 e. The first-order valence-electron chi connectivity index (χ1n) is 10.1. The Labute approximate surface area is 204 Å². The van der Waals surface area contributed by atoms with E-state index in [2.05, 4.69) is 112 Å². The van der Waals surface area contributed by atoms with Crippen molar-refractivity contribution < 1.29 is 21.1 Å². The van der Waals surface area contributed by atoms with Crippen LogP contribution in [-0.4, -0.2) is 3.81 Å².